The van der Waals surface area contributed by atoms with Gasteiger partial charge in [0.2, 0.25) is 5.91 Å². The van der Waals surface area contributed by atoms with E-state index in [2.05, 4.69) is 16.0 Å². The first-order valence-corrected chi connectivity index (χ1v) is 7.03. The zero-order valence-electron chi connectivity index (χ0n) is 11.8. The van der Waals surface area contributed by atoms with Crippen molar-refractivity contribution in [3.8, 4) is 0 Å². The summed E-state index contributed by atoms with van der Waals surface area (Å²) in [4.78, 5) is 33.3. The van der Waals surface area contributed by atoms with Crippen molar-refractivity contribution in [2.45, 2.75) is 45.1 Å². The summed E-state index contributed by atoms with van der Waals surface area (Å²) in [5, 5.41) is 16.7. The normalized spacial score (nSPS) is 15.2. The van der Waals surface area contributed by atoms with Crippen molar-refractivity contribution >= 4 is 17.9 Å². The van der Waals surface area contributed by atoms with Gasteiger partial charge in [0.15, 0.2) is 0 Å². The van der Waals surface area contributed by atoms with Crippen LogP contribution in [0, 0.1) is 5.92 Å². The maximum Gasteiger partial charge on any atom is 0.314 e. The van der Waals surface area contributed by atoms with Gasteiger partial charge in [0.05, 0.1) is 5.92 Å². The summed E-state index contributed by atoms with van der Waals surface area (Å²) in [7, 11) is 0. The Morgan fingerprint density at radius 1 is 1.20 bits per heavy atom. The molecule has 0 saturated heterocycles. The minimum Gasteiger partial charge on any atom is -0.481 e. The summed E-state index contributed by atoms with van der Waals surface area (Å²) in [6, 6.07) is 0.0137. The fourth-order valence-electron chi connectivity index (χ4n) is 1.61. The molecule has 1 unspecified atom stereocenters. The first kappa shape index (κ1) is 16.3. The first-order chi connectivity index (χ1) is 9.49. The number of rotatable bonds is 9. The summed E-state index contributed by atoms with van der Waals surface area (Å²) in [5.41, 5.74) is 0. The van der Waals surface area contributed by atoms with Gasteiger partial charge in [-0.2, -0.15) is 0 Å². The van der Waals surface area contributed by atoms with E-state index in [0.29, 0.717) is 32.0 Å². The maximum absolute atomic E-state index is 11.4. The van der Waals surface area contributed by atoms with Crippen LogP contribution in [0.3, 0.4) is 0 Å². The second kappa shape index (κ2) is 8.39. The van der Waals surface area contributed by atoms with Gasteiger partial charge in [-0.15, -0.1) is 0 Å². The number of urea groups is 1. The van der Waals surface area contributed by atoms with Gasteiger partial charge in [0.25, 0.3) is 0 Å². The number of amides is 3. The third-order valence-corrected chi connectivity index (χ3v) is 3.10. The monoisotopic (exact) mass is 285 g/mol. The highest BCUT2D eigenvalue weighted by atomic mass is 16.4. The van der Waals surface area contributed by atoms with Gasteiger partial charge in [-0.25, -0.2) is 4.79 Å². The molecule has 1 rings (SSSR count). The Labute approximate surface area is 118 Å². The molecule has 3 amide bonds. The highest BCUT2D eigenvalue weighted by Crippen LogP contribution is 2.18. The minimum atomic E-state index is -0.823. The second-order valence-electron chi connectivity index (χ2n) is 5.16. The smallest absolute Gasteiger partial charge is 0.314 e. The standard InChI is InChI=1S/C13H23N3O4/c1-9(12(18)19)3-2-7-14-13(20)15-8-6-11(17)16-10-4-5-10/h9-10H,2-8H2,1H3,(H,16,17)(H,18,19)(H2,14,15,20). The van der Waals surface area contributed by atoms with E-state index in [1.165, 1.54) is 0 Å². The molecule has 1 fully saturated rings. The van der Waals surface area contributed by atoms with Gasteiger partial charge < -0.3 is 21.1 Å². The molecule has 0 bridgehead atoms. The molecule has 0 aliphatic heterocycles. The Morgan fingerprint density at radius 3 is 2.45 bits per heavy atom. The fourth-order valence-corrected chi connectivity index (χ4v) is 1.61. The van der Waals surface area contributed by atoms with Crippen LogP contribution in [0.2, 0.25) is 0 Å². The fraction of sp³-hybridized carbons (Fsp3) is 0.769. The maximum atomic E-state index is 11.4. The highest BCUT2D eigenvalue weighted by molar-refractivity contribution is 5.78. The van der Waals surface area contributed by atoms with Crippen LogP contribution in [0.15, 0.2) is 0 Å². The largest absolute Gasteiger partial charge is 0.481 e. The molecule has 1 atom stereocenters. The van der Waals surface area contributed by atoms with Crippen LogP contribution in [0.1, 0.15) is 39.0 Å². The van der Waals surface area contributed by atoms with E-state index in [-0.39, 0.29) is 18.4 Å². The Kier molecular flexibility index (Phi) is 6.83. The van der Waals surface area contributed by atoms with Crippen LogP contribution in [-0.4, -0.2) is 42.1 Å². The number of aliphatic carboxylic acids is 1. The van der Waals surface area contributed by atoms with E-state index in [9.17, 15) is 14.4 Å². The Hall–Kier alpha value is -1.79. The number of hydrogen-bond donors (Lipinski definition) is 4. The van der Waals surface area contributed by atoms with E-state index in [1.807, 2.05) is 0 Å². The predicted molar refractivity (Wildman–Crippen MR) is 73.2 cm³/mol. The summed E-state index contributed by atoms with van der Waals surface area (Å²) in [6.07, 6.45) is 3.52. The van der Waals surface area contributed by atoms with Gasteiger partial charge in [0.1, 0.15) is 0 Å². The summed E-state index contributed by atoms with van der Waals surface area (Å²) < 4.78 is 0. The third kappa shape index (κ3) is 7.60. The SMILES string of the molecule is CC(CCCNC(=O)NCCC(=O)NC1CC1)C(=O)O. The molecule has 7 heteroatoms. The number of carboxylic acids is 1. The van der Waals surface area contributed by atoms with E-state index < -0.39 is 11.9 Å². The number of carboxylic acid groups (broad SMARTS) is 1. The molecule has 0 aromatic heterocycles. The Morgan fingerprint density at radius 2 is 1.85 bits per heavy atom. The van der Waals surface area contributed by atoms with Gasteiger partial charge >= 0.3 is 12.0 Å². The van der Waals surface area contributed by atoms with Crippen LogP contribution in [0.5, 0.6) is 0 Å². The lowest BCUT2D eigenvalue weighted by Crippen LogP contribution is -2.38. The van der Waals surface area contributed by atoms with E-state index >= 15 is 0 Å². The summed E-state index contributed by atoms with van der Waals surface area (Å²) in [6.45, 7) is 2.37. The van der Waals surface area contributed by atoms with Gasteiger partial charge in [-0.05, 0) is 25.7 Å². The summed E-state index contributed by atoms with van der Waals surface area (Å²) in [5.74, 6) is -1.26. The van der Waals surface area contributed by atoms with Crippen LogP contribution in [0.25, 0.3) is 0 Å². The average Bonchev–Trinajstić information content (AvgIpc) is 3.18. The molecular formula is C13H23N3O4. The van der Waals surface area contributed by atoms with Gasteiger partial charge in [0, 0.05) is 25.6 Å². The summed E-state index contributed by atoms with van der Waals surface area (Å²) >= 11 is 0. The number of carbonyl (C=O) groups excluding carboxylic acids is 2. The second-order valence-corrected chi connectivity index (χ2v) is 5.16. The molecule has 0 aromatic rings. The number of nitrogens with one attached hydrogen (secondary N) is 3. The molecule has 7 nitrogen and oxygen atoms in total. The lowest BCUT2D eigenvalue weighted by molar-refractivity contribution is -0.141. The van der Waals surface area contributed by atoms with Gasteiger partial charge in [-0.1, -0.05) is 6.92 Å². The van der Waals surface area contributed by atoms with Crippen molar-refractivity contribution < 1.29 is 19.5 Å². The number of carbonyl (C=O) groups is 3. The lowest BCUT2D eigenvalue weighted by atomic mass is 10.1. The Bertz CT molecular complexity index is 356. The Balaban J connectivity index is 1.94. The molecule has 0 spiro atoms. The highest BCUT2D eigenvalue weighted by Gasteiger charge is 2.22. The average molecular weight is 285 g/mol. The molecule has 0 radical (unpaired) electrons. The van der Waals surface area contributed by atoms with Crippen LogP contribution < -0.4 is 16.0 Å². The van der Waals surface area contributed by atoms with Crippen molar-refractivity contribution in [2.75, 3.05) is 13.1 Å². The molecular weight excluding hydrogens is 262 g/mol. The van der Waals surface area contributed by atoms with Crippen molar-refractivity contribution in [1.82, 2.24) is 16.0 Å². The molecule has 0 aromatic carbocycles. The van der Waals surface area contributed by atoms with E-state index in [4.69, 9.17) is 5.11 Å². The minimum absolute atomic E-state index is 0.0388. The number of hydrogen-bond acceptors (Lipinski definition) is 3. The quantitative estimate of drug-likeness (QED) is 0.461. The molecule has 20 heavy (non-hydrogen) atoms. The van der Waals surface area contributed by atoms with Crippen molar-refractivity contribution in [1.29, 1.82) is 0 Å². The topological polar surface area (TPSA) is 108 Å². The molecule has 0 heterocycles. The molecule has 1 saturated carbocycles. The zero-order chi connectivity index (χ0) is 15.0. The predicted octanol–water partition coefficient (Wildman–Crippen LogP) is 0.455. The molecule has 1 aliphatic rings. The van der Waals surface area contributed by atoms with Crippen molar-refractivity contribution in [3.05, 3.63) is 0 Å². The zero-order valence-corrected chi connectivity index (χ0v) is 11.8. The van der Waals surface area contributed by atoms with E-state index in [1.54, 1.807) is 6.92 Å². The van der Waals surface area contributed by atoms with Crippen LogP contribution >= 0.6 is 0 Å². The van der Waals surface area contributed by atoms with Crippen LogP contribution in [0.4, 0.5) is 4.79 Å². The van der Waals surface area contributed by atoms with Gasteiger partial charge in [-0.3, -0.25) is 9.59 Å². The lowest BCUT2D eigenvalue weighted by Gasteiger charge is -2.09. The molecule has 4 N–H and O–H groups in total. The first-order valence-electron chi connectivity index (χ1n) is 7.03. The van der Waals surface area contributed by atoms with Crippen LogP contribution in [-0.2, 0) is 9.59 Å². The van der Waals surface area contributed by atoms with Crippen molar-refractivity contribution in [3.63, 3.8) is 0 Å². The molecule has 1 aliphatic carbocycles. The van der Waals surface area contributed by atoms with E-state index in [0.717, 1.165) is 12.8 Å². The molecule has 114 valence electrons. The van der Waals surface area contributed by atoms with Crippen molar-refractivity contribution in [2.24, 2.45) is 5.92 Å². The third-order valence-electron chi connectivity index (χ3n) is 3.10.